The first-order chi connectivity index (χ1) is 29.2. The average molecular weight is 979 g/mol. The monoisotopic (exact) mass is 978 g/mol. The predicted octanol–water partition coefficient (Wildman–Crippen LogP) is 4.50. The van der Waals surface area contributed by atoms with Crippen molar-refractivity contribution in [2.45, 2.75) is 62.7 Å². The molecule has 2 amide bonds. The van der Waals surface area contributed by atoms with Crippen LogP contribution in [-0.2, 0) is 51.1 Å². The Balaban J connectivity index is 1.35. The molecule has 1 aliphatic heterocycles. The second-order valence-electron chi connectivity index (χ2n) is 13.0. The number of phosphoric ester groups is 1. The van der Waals surface area contributed by atoms with Crippen molar-refractivity contribution in [1.29, 1.82) is 0 Å². The average Bonchev–Trinajstić information content (AvgIpc) is 3.78. The van der Waals surface area contributed by atoms with E-state index in [-0.39, 0.29) is 36.1 Å². The third kappa shape index (κ3) is 21.4. The molecule has 1 aliphatic rings. The number of fused-ring (bicyclic) bond motifs is 1. The molecule has 3 heterocycles. The summed E-state index contributed by atoms with van der Waals surface area (Å²) in [5, 5.41) is 5.44. The van der Waals surface area contributed by atoms with Crippen molar-refractivity contribution in [3.63, 3.8) is 0 Å². The molecule has 0 aliphatic carbocycles. The first-order valence-electron chi connectivity index (χ1n) is 18.7. The van der Waals surface area contributed by atoms with Gasteiger partial charge in [-0.3, -0.25) is 9.42 Å². The molecule has 344 valence electrons. The maximum atomic E-state index is 12.3. The smallest absolute Gasteiger partial charge is 0.450 e. The summed E-state index contributed by atoms with van der Waals surface area (Å²) in [6, 6.07) is 2.58. The van der Waals surface area contributed by atoms with Crippen LogP contribution in [0.5, 0.6) is 0 Å². The summed E-state index contributed by atoms with van der Waals surface area (Å²) in [5.74, 6) is 3.71. The predicted molar refractivity (Wildman–Crippen MR) is 233 cm³/mol. The molecule has 22 nitrogen and oxygen atoms in total. The van der Waals surface area contributed by atoms with Gasteiger partial charge in [0.05, 0.1) is 63.3 Å². The molecule has 0 aromatic carbocycles. The Morgan fingerprint density at radius 1 is 1.07 bits per heavy atom. The van der Waals surface area contributed by atoms with Gasteiger partial charge < -0.3 is 54.5 Å². The number of nitrogen functional groups attached to an aromatic ring is 1. The summed E-state index contributed by atoms with van der Waals surface area (Å²) in [5.41, 5.74) is 12.3. The van der Waals surface area contributed by atoms with Gasteiger partial charge in [-0.2, -0.15) is 0 Å². The number of nitrogens with zero attached hydrogens (tertiary/aromatic N) is 3. The number of hydrogen-bond acceptors (Lipinski definition) is 21. The summed E-state index contributed by atoms with van der Waals surface area (Å²) >= 11 is 0. The van der Waals surface area contributed by atoms with E-state index in [1.807, 2.05) is 6.26 Å². The van der Waals surface area contributed by atoms with Crippen LogP contribution in [0.2, 0.25) is 0 Å². The molecule has 0 bridgehead atoms. The maximum absolute atomic E-state index is 12.3. The highest BCUT2D eigenvalue weighted by molar-refractivity contribution is 8.77. The number of carbonyl (C=O) groups excluding carboxylic acids is 2. The van der Waals surface area contributed by atoms with Crippen molar-refractivity contribution in [1.82, 2.24) is 25.2 Å². The van der Waals surface area contributed by atoms with Gasteiger partial charge in [-0.15, -0.1) is 4.89 Å². The van der Waals surface area contributed by atoms with Gasteiger partial charge in [-0.05, 0) is 49.6 Å². The van der Waals surface area contributed by atoms with Gasteiger partial charge in [0.25, 0.3) is 0 Å². The fourth-order valence-corrected chi connectivity index (χ4v) is 9.40. The van der Waals surface area contributed by atoms with Gasteiger partial charge in [0.1, 0.15) is 42.0 Å². The second kappa shape index (κ2) is 29.3. The van der Waals surface area contributed by atoms with E-state index < -0.39 is 53.3 Å². The molecule has 28 heteroatoms. The van der Waals surface area contributed by atoms with E-state index >= 15 is 0 Å². The lowest BCUT2D eigenvalue weighted by Gasteiger charge is -2.22. The largest absolute Gasteiger partial charge is 0.705 e. The minimum absolute atomic E-state index is 0.128. The molecule has 1 saturated heterocycles. The third-order valence-electron chi connectivity index (χ3n) is 7.93. The molecule has 61 heavy (non-hydrogen) atoms. The SMILES string of the molecule is CSSCOC1C[C@H](n2cc(C#CNC(=O)OCCCCOCSSC(C)(C)CCOC(=O)NCCOCCOCCN)c3c(N)ncnc32)O[C@@H]1COP(=O)(O)O[P+](=O)O. The number of aromatic nitrogens is 3. The molecule has 0 spiro atoms. The van der Waals surface area contributed by atoms with E-state index in [0.29, 0.717) is 87.9 Å². The van der Waals surface area contributed by atoms with E-state index in [2.05, 4.69) is 50.7 Å². The minimum Gasteiger partial charge on any atom is -0.450 e. The van der Waals surface area contributed by atoms with E-state index in [9.17, 15) is 23.6 Å². The van der Waals surface area contributed by atoms with Crippen molar-refractivity contribution in [3.8, 4) is 12.0 Å². The van der Waals surface area contributed by atoms with Crippen LogP contribution >= 0.6 is 59.3 Å². The topological polar surface area (TPSA) is 299 Å². The van der Waals surface area contributed by atoms with Gasteiger partial charge >= 0.3 is 28.3 Å². The Morgan fingerprint density at radius 3 is 2.57 bits per heavy atom. The number of unbranched alkanes of at least 4 members (excludes halogenated alkanes) is 1. The van der Waals surface area contributed by atoms with Crippen molar-refractivity contribution in [2.24, 2.45) is 5.73 Å². The number of nitrogens with two attached hydrogens (primary N) is 2. The molecular formula is C33H54N7O15P2S4+. The summed E-state index contributed by atoms with van der Waals surface area (Å²) in [7, 11) is -2.13. The van der Waals surface area contributed by atoms with Gasteiger partial charge in [-0.25, -0.2) is 29.4 Å². The zero-order valence-electron chi connectivity index (χ0n) is 33.9. The number of hydrogen-bond donors (Lipinski definition) is 6. The molecule has 5 atom stereocenters. The quantitative estimate of drug-likeness (QED) is 0.0157. The second-order valence-corrected chi connectivity index (χ2v) is 20.8. The van der Waals surface area contributed by atoms with Gasteiger partial charge in [0.2, 0.25) is 0 Å². The first-order valence-corrected chi connectivity index (χ1v) is 26.4. The molecule has 0 saturated carbocycles. The first kappa shape index (κ1) is 53.2. The Kier molecular flexibility index (Phi) is 25.6. The van der Waals surface area contributed by atoms with Crippen LogP contribution in [0.15, 0.2) is 12.5 Å². The molecule has 8 N–H and O–H groups in total. The number of carbonyl (C=O) groups is 2. The van der Waals surface area contributed by atoms with Crippen LogP contribution in [0.25, 0.3) is 11.0 Å². The maximum Gasteiger partial charge on any atom is 0.705 e. The van der Waals surface area contributed by atoms with E-state index in [4.69, 9.17) is 54.0 Å². The van der Waals surface area contributed by atoms with Crippen LogP contribution < -0.4 is 22.1 Å². The molecular weight excluding hydrogens is 925 g/mol. The van der Waals surface area contributed by atoms with Gasteiger partial charge in [0, 0.05) is 47.7 Å². The van der Waals surface area contributed by atoms with Crippen LogP contribution in [0.3, 0.4) is 0 Å². The Hall–Kier alpha value is -2.15. The lowest BCUT2D eigenvalue weighted by Crippen LogP contribution is -2.29. The highest BCUT2D eigenvalue weighted by atomic mass is 33.1. The summed E-state index contributed by atoms with van der Waals surface area (Å²) in [6.45, 7) is 7.06. The van der Waals surface area contributed by atoms with E-state index in [1.165, 1.54) is 27.9 Å². The Labute approximate surface area is 370 Å². The Bertz CT molecular complexity index is 1780. The minimum atomic E-state index is -4.85. The number of nitrogens with one attached hydrogen (secondary N) is 2. The lowest BCUT2D eigenvalue weighted by molar-refractivity contribution is -0.0518. The Morgan fingerprint density at radius 2 is 1.82 bits per heavy atom. The van der Waals surface area contributed by atoms with Crippen LogP contribution in [-0.4, -0.2) is 138 Å². The number of phosphoric acid groups is 1. The highest BCUT2D eigenvalue weighted by Gasteiger charge is 2.42. The summed E-state index contributed by atoms with van der Waals surface area (Å²) in [4.78, 5) is 51.3. The third-order valence-corrected chi connectivity index (χ3v) is 14.3. The number of ether oxygens (including phenoxy) is 7. The molecule has 3 unspecified atom stereocenters. The zero-order valence-corrected chi connectivity index (χ0v) is 39.0. The fraction of sp³-hybridized carbons (Fsp3) is 0.697. The molecule has 2 aromatic rings. The number of anilines is 1. The highest BCUT2D eigenvalue weighted by Crippen LogP contribution is 2.51. The standard InChI is InChI=1S/C33H53N7O15P2S4/c1-33(2,7-13-51-32(42)37-10-15-48-17-16-47-14-8-34)61-60-22-49-11-4-5-12-50-31(41)36-9-6-24-19-40(30-28(24)29(35)38-21-39-30)27-18-25(52-23-59-58-3)26(54-27)20-53-57(45,46)55-56(43)44/h19,21,25-27H,4-5,7-8,10-18,20,22-23,34H2,1-3H3,(H5-,35,36,37,38,39,41,42,43,44,45,46)/p+1/t25?,26-,27-/m1/s1. The summed E-state index contributed by atoms with van der Waals surface area (Å²) in [6.07, 6.45) is 3.44. The number of amides is 2. The molecule has 3 rings (SSSR count). The normalized spacial score (nSPS) is 17.7. The summed E-state index contributed by atoms with van der Waals surface area (Å²) < 4.78 is 72.3. The van der Waals surface area contributed by atoms with Crippen molar-refractivity contribution in [2.75, 3.05) is 89.8 Å². The van der Waals surface area contributed by atoms with Gasteiger partial charge in [0.15, 0.2) is 0 Å². The van der Waals surface area contributed by atoms with E-state index in [0.717, 1.165) is 0 Å². The van der Waals surface area contributed by atoms with Crippen LogP contribution in [0.1, 0.15) is 51.3 Å². The fourth-order valence-electron chi connectivity index (χ4n) is 5.11. The zero-order chi connectivity index (χ0) is 44.5. The molecule has 2 aromatic heterocycles. The molecule has 0 radical (unpaired) electrons. The number of rotatable bonds is 30. The van der Waals surface area contributed by atoms with Crippen molar-refractivity contribution in [3.05, 3.63) is 18.1 Å². The van der Waals surface area contributed by atoms with Crippen molar-refractivity contribution < 1.29 is 70.5 Å². The lowest BCUT2D eigenvalue weighted by atomic mass is 10.1. The van der Waals surface area contributed by atoms with E-state index in [1.54, 1.807) is 32.4 Å². The van der Waals surface area contributed by atoms with Gasteiger partial charge in [-0.1, -0.05) is 43.2 Å². The molecule has 1 fully saturated rings. The van der Waals surface area contributed by atoms with Crippen LogP contribution in [0, 0.1) is 12.0 Å². The number of alkyl carbamates (subject to hydrolysis) is 2. The van der Waals surface area contributed by atoms with Crippen molar-refractivity contribution >= 4 is 88.3 Å². The van der Waals surface area contributed by atoms with Crippen LogP contribution in [0.4, 0.5) is 15.4 Å².